The van der Waals surface area contributed by atoms with Crippen LogP contribution >= 0.6 is 11.6 Å². The molecule has 2 heterocycles. The quantitative estimate of drug-likeness (QED) is 0.600. The van der Waals surface area contributed by atoms with E-state index in [1.54, 1.807) is 25.3 Å². The van der Waals surface area contributed by atoms with Crippen molar-refractivity contribution in [3.05, 3.63) is 29.0 Å². The number of hydrogen-bond acceptors (Lipinski definition) is 5. The molecule has 1 aromatic heterocycles. The van der Waals surface area contributed by atoms with E-state index in [2.05, 4.69) is 4.98 Å². The number of rotatable bonds is 5. The van der Waals surface area contributed by atoms with Gasteiger partial charge in [-0.3, -0.25) is 4.79 Å². The van der Waals surface area contributed by atoms with E-state index in [4.69, 9.17) is 16.3 Å². The molecule has 6 nitrogen and oxygen atoms in total. The van der Waals surface area contributed by atoms with Crippen molar-refractivity contribution < 1.29 is 17.9 Å². The van der Waals surface area contributed by atoms with Crippen LogP contribution in [-0.2, 0) is 26.2 Å². The molecule has 122 valence electrons. The van der Waals surface area contributed by atoms with Crippen LogP contribution in [0.4, 0.5) is 0 Å². The van der Waals surface area contributed by atoms with Crippen LogP contribution in [0.15, 0.2) is 18.3 Å². The van der Waals surface area contributed by atoms with Gasteiger partial charge in [-0.2, -0.15) is 0 Å². The molecular formula is C14H19ClN2O4S. The number of piperidine rings is 1. The summed E-state index contributed by atoms with van der Waals surface area (Å²) in [4.78, 5) is 15.9. The normalized spacial score (nSPS) is 17.4. The first-order valence-corrected chi connectivity index (χ1v) is 9.16. The zero-order chi connectivity index (χ0) is 16.2. The molecule has 1 aliphatic heterocycles. The Morgan fingerprint density at radius 1 is 1.41 bits per heavy atom. The third kappa shape index (κ3) is 4.41. The van der Waals surface area contributed by atoms with Crippen molar-refractivity contribution in [1.82, 2.24) is 9.29 Å². The SMILES string of the molecule is CCS(=O)(=O)N1CCC(C(=O)OCc2ccc(Cl)nc2)CC1. The lowest BCUT2D eigenvalue weighted by Gasteiger charge is -2.29. The van der Waals surface area contributed by atoms with Gasteiger partial charge >= 0.3 is 5.97 Å². The minimum atomic E-state index is -3.17. The van der Waals surface area contributed by atoms with Crippen LogP contribution in [0.5, 0.6) is 0 Å². The van der Waals surface area contributed by atoms with E-state index in [1.165, 1.54) is 4.31 Å². The van der Waals surface area contributed by atoms with Crippen LogP contribution in [0.25, 0.3) is 0 Å². The first-order valence-electron chi connectivity index (χ1n) is 7.17. The maximum Gasteiger partial charge on any atom is 0.309 e. The highest BCUT2D eigenvalue weighted by Crippen LogP contribution is 2.21. The number of hydrogen-bond donors (Lipinski definition) is 0. The summed E-state index contributed by atoms with van der Waals surface area (Å²) in [5.41, 5.74) is 0.767. The van der Waals surface area contributed by atoms with Gasteiger partial charge in [0.05, 0.1) is 11.7 Å². The van der Waals surface area contributed by atoms with Crippen molar-refractivity contribution in [2.24, 2.45) is 5.92 Å². The highest BCUT2D eigenvalue weighted by Gasteiger charge is 2.30. The monoisotopic (exact) mass is 346 g/mol. The minimum Gasteiger partial charge on any atom is -0.461 e. The van der Waals surface area contributed by atoms with Gasteiger partial charge in [-0.05, 0) is 25.8 Å². The van der Waals surface area contributed by atoms with E-state index >= 15 is 0 Å². The van der Waals surface area contributed by atoms with Crippen molar-refractivity contribution in [2.75, 3.05) is 18.8 Å². The lowest BCUT2D eigenvalue weighted by Crippen LogP contribution is -2.41. The third-order valence-corrected chi connectivity index (χ3v) is 5.82. The number of carbonyl (C=O) groups excluding carboxylic acids is 1. The van der Waals surface area contributed by atoms with Crippen LogP contribution in [0, 0.1) is 5.92 Å². The van der Waals surface area contributed by atoms with Crippen molar-refractivity contribution in [1.29, 1.82) is 0 Å². The number of sulfonamides is 1. The van der Waals surface area contributed by atoms with Crippen molar-refractivity contribution in [3.63, 3.8) is 0 Å². The predicted molar refractivity (Wildman–Crippen MR) is 82.8 cm³/mol. The summed E-state index contributed by atoms with van der Waals surface area (Å²) in [6.07, 6.45) is 2.56. The van der Waals surface area contributed by atoms with Crippen molar-refractivity contribution in [3.8, 4) is 0 Å². The molecule has 0 atom stereocenters. The number of carbonyl (C=O) groups is 1. The summed E-state index contributed by atoms with van der Waals surface area (Å²) in [6, 6.07) is 3.39. The molecule has 2 rings (SSSR count). The van der Waals surface area contributed by atoms with Gasteiger partial charge in [-0.15, -0.1) is 0 Å². The smallest absolute Gasteiger partial charge is 0.309 e. The molecule has 0 bridgehead atoms. The van der Waals surface area contributed by atoms with E-state index in [0.29, 0.717) is 31.1 Å². The van der Waals surface area contributed by atoms with Crippen LogP contribution in [0.2, 0.25) is 5.15 Å². The Morgan fingerprint density at radius 3 is 2.64 bits per heavy atom. The van der Waals surface area contributed by atoms with Crippen LogP contribution in [0.3, 0.4) is 0 Å². The first-order chi connectivity index (χ1) is 10.4. The lowest BCUT2D eigenvalue weighted by molar-refractivity contribution is -0.151. The fourth-order valence-electron chi connectivity index (χ4n) is 2.32. The topological polar surface area (TPSA) is 76.6 Å². The van der Waals surface area contributed by atoms with E-state index in [9.17, 15) is 13.2 Å². The Kier molecular flexibility index (Phi) is 5.77. The maximum absolute atomic E-state index is 12.0. The second-order valence-electron chi connectivity index (χ2n) is 5.17. The Hall–Kier alpha value is -1.18. The average Bonchev–Trinajstić information content (AvgIpc) is 2.54. The summed E-state index contributed by atoms with van der Waals surface area (Å²) < 4.78 is 30.2. The second-order valence-corrected chi connectivity index (χ2v) is 7.82. The van der Waals surface area contributed by atoms with E-state index in [1.807, 2.05) is 0 Å². The van der Waals surface area contributed by atoms with Crippen LogP contribution in [0.1, 0.15) is 25.3 Å². The standard InChI is InChI=1S/C14H19ClN2O4S/c1-2-22(19,20)17-7-5-12(6-8-17)14(18)21-10-11-3-4-13(15)16-9-11/h3-4,9,12H,2,5-8,10H2,1H3. The molecule has 1 saturated heterocycles. The van der Waals surface area contributed by atoms with Gasteiger partial charge in [0, 0.05) is 24.8 Å². The van der Waals surface area contributed by atoms with Crippen LogP contribution < -0.4 is 0 Å². The highest BCUT2D eigenvalue weighted by molar-refractivity contribution is 7.89. The fraction of sp³-hybridized carbons (Fsp3) is 0.571. The van der Waals surface area contributed by atoms with Gasteiger partial charge in [-0.1, -0.05) is 17.7 Å². The van der Waals surface area contributed by atoms with E-state index < -0.39 is 10.0 Å². The molecule has 1 aliphatic rings. The molecule has 22 heavy (non-hydrogen) atoms. The number of halogens is 1. The molecule has 0 unspecified atom stereocenters. The van der Waals surface area contributed by atoms with Gasteiger partial charge < -0.3 is 4.74 Å². The van der Waals surface area contributed by atoms with Crippen LogP contribution in [-0.4, -0.2) is 42.5 Å². The number of esters is 1. The summed E-state index contributed by atoms with van der Waals surface area (Å²) in [6.45, 7) is 2.52. The fourth-order valence-corrected chi connectivity index (χ4v) is 3.56. The van der Waals surface area contributed by atoms with E-state index in [-0.39, 0.29) is 24.2 Å². The van der Waals surface area contributed by atoms with Gasteiger partial charge in [-0.25, -0.2) is 17.7 Å². The summed E-state index contributed by atoms with van der Waals surface area (Å²) in [5, 5.41) is 0.389. The van der Waals surface area contributed by atoms with Gasteiger partial charge in [0.1, 0.15) is 11.8 Å². The Bertz CT molecular complexity index is 610. The molecule has 0 N–H and O–H groups in total. The summed E-state index contributed by atoms with van der Waals surface area (Å²) in [7, 11) is -3.17. The predicted octanol–water partition coefficient (Wildman–Crippen LogP) is 1.84. The van der Waals surface area contributed by atoms with Gasteiger partial charge in [0.25, 0.3) is 0 Å². The zero-order valence-corrected chi connectivity index (χ0v) is 13.9. The van der Waals surface area contributed by atoms with Crippen molar-refractivity contribution in [2.45, 2.75) is 26.4 Å². The highest BCUT2D eigenvalue weighted by atomic mass is 35.5. The second kappa shape index (κ2) is 7.39. The molecular weight excluding hydrogens is 328 g/mol. The first kappa shape index (κ1) is 17.2. The number of pyridine rings is 1. The maximum atomic E-state index is 12.0. The molecule has 1 fully saturated rings. The molecule has 1 aromatic rings. The zero-order valence-electron chi connectivity index (χ0n) is 12.4. The van der Waals surface area contributed by atoms with Gasteiger partial charge in [0.15, 0.2) is 0 Å². The molecule has 0 aromatic carbocycles. The Labute approximate surface area is 135 Å². The molecule has 0 amide bonds. The third-order valence-electron chi connectivity index (χ3n) is 3.72. The lowest BCUT2D eigenvalue weighted by atomic mass is 9.98. The molecule has 0 spiro atoms. The molecule has 0 saturated carbocycles. The van der Waals surface area contributed by atoms with Crippen molar-refractivity contribution >= 4 is 27.6 Å². The Balaban J connectivity index is 1.81. The minimum absolute atomic E-state index is 0.0890. The Morgan fingerprint density at radius 2 is 2.09 bits per heavy atom. The van der Waals surface area contributed by atoms with Gasteiger partial charge in [0.2, 0.25) is 10.0 Å². The number of aromatic nitrogens is 1. The largest absolute Gasteiger partial charge is 0.461 e. The van der Waals surface area contributed by atoms with E-state index in [0.717, 1.165) is 5.56 Å². The summed E-state index contributed by atoms with van der Waals surface area (Å²) >= 11 is 5.69. The number of nitrogens with zero attached hydrogens (tertiary/aromatic N) is 2. The molecule has 8 heteroatoms. The number of ether oxygens (including phenoxy) is 1. The average molecular weight is 347 g/mol. The molecule has 0 radical (unpaired) electrons. The molecule has 0 aliphatic carbocycles. The summed E-state index contributed by atoms with van der Waals surface area (Å²) in [5.74, 6) is -0.446.